The normalized spacial score (nSPS) is 37.1. The number of aliphatic hydroxyl groups is 1. The fraction of sp³-hybridized carbons (Fsp3) is 0.750. The first-order valence-electron chi connectivity index (χ1n) is 7.31. The minimum absolute atomic E-state index is 0.556. The Hall–Kier alpha value is -0.683. The van der Waals surface area contributed by atoms with Gasteiger partial charge < -0.3 is 24.1 Å². The second kappa shape index (κ2) is 6.83. The van der Waals surface area contributed by atoms with Crippen molar-refractivity contribution in [1.29, 1.82) is 0 Å². The molecule has 1 heterocycles. The van der Waals surface area contributed by atoms with Crippen molar-refractivity contribution in [1.82, 2.24) is 0 Å². The van der Waals surface area contributed by atoms with Gasteiger partial charge in [-0.2, -0.15) is 0 Å². The number of aliphatic hydroxyl groups excluding tert-OH is 1. The molecule has 1 aliphatic heterocycles. The fourth-order valence-corrected chi connectivity index (χ4v) is 2.71. The molecule has 0 aromatic rings. The number of hydrogen-bond donors (Lipinski definition) is 1. The highest BCUT2D eigenvalue weighted by atomic mass is 28.3. The van der Waals surface area contributed by atoms with Gasteiger partial charge >= 0.3 is 0 Å². The summed E-state index contributed by atoms with van der Waals surface area (Å²) in [5.74, 6) is 0.587. The minimum atomic E-state index is -1.59. The summed E-state index contributed by atoms with van der Waals surface area (Å²) >= 11 is 0. The predicted molar refractivity (Wildman–Crippen MR) is 87.9 cm³/mol. The van der Waals surface area contributed by atoms with Gasteiger partial charge in [0.2, 0.25) is 11.6 Å². The lowest BCUT2D eigenvalue weighted by Crippen LogP contribution is -2.66. The maximum Gasteiger partial charge on any atom is 0.220 e. The maximum atomic E-state index is 10.4. The highest BCUT2D eigenvalue weighted by Gasteiger charge is 2.57. The molecule has 0 saturated carbocycles. The second-order valence-electron chi connectivity index (χ2n) is 6.66. The molecule has 1 aliphatic rings. The van der Waals surface area contributed by atoms with Gasteiger partial charge in [-0.05, 0) is 13.8 Å². The minimum Gasteiger partial charge on any atom is -0.378 e. The number of hydrogen-bond acceptors (Lipinski definition) is 5. The van der Waals surface area contributed by atoms with Crippen molar-refractivity contribution < 1.29 is 24.1 Å². The standard InChI is InChI=1S/C16H28O5Si/c1-9-13-14(12(17)10-11-22(6,7)8)21-16(3,19-5)15(2,18-4)20-13/h9,12-14,17H,1H2,2-8H3/t12-,13+,14+,15-,16-/m0/s1. The van der Waals surface area contributed by atoms with Gasteiger partial charge in [0.15, 0.2) is 0 Å². The van der Waals surface area contributed by atoms with Crippen molar-refractivity contribution in [3.8, 4) is 11.5 Å². The van der Waals surface area contributed by atoms with E-state index in [0.717, 1.165) is 0 Å². The lowest BCUT2D eigenvalue weighted by Gasteiger charge is -2.51. The molecule has 5 nitrogen and oxygen atoms in total. The van der Waals surface area contributed by atoms with Crippen molar-refractivity contribution in [2.24, 2.45) is 0 Å². The van der Waals surface area contributed by atoms with E-state index < -0.39 is 38.0 Å². The molecular weight excluding hydrogens is 300 g/mol. The third-order valence-electron chi connectivity index (χ3n) is 3.79. The lowest BCUT2D eigenvalue weighted by atomic mass is 10.0. The Morgan fingerprint density at radius 3 is 2.09 bits per heavy atom. The molecule has 0 spiro atoms. The van der Waals surface area contributed by atoms with Gasteiger partial charge in [-0.25, -0.2) is 0 Å². The zero-order valence-electron chi connectivity index (χ0n) is 14.6. The Morgan fingerprint density at radius 1 is 1.18 bits per heavy atom. The van der Waals surface area contributed by atoms with E-state index in [0.29, 0.717) is 0 Å². The van der Waals surface area contributed by atoms with Crippen LogP contribution in [0.15, 0.2) is 12.7 Å². The molecule has 1 saturated heterocycles. The summed E-state index contributed by atoms with van der Waals surface area (Å²) < 4.78 is 22.8. The topological polar surface area (TPSA) is 57.2 Å². The predicted octanol–water partition coefficient (Wildman–Crippen LogP) is 1.92. The molecule has 0 aliphatic carbocycles. The molecule has 1 N–H and O–H groups in total. The van der Waals surface area contributed by atoms with Gasteiger partial charge in [-0.1, -0.05) is 31.6 Å². The van der Waals surface area contributed by atoms with Crippen LogP contribution in [-0.2, 0) is 18.9 Å². The first-order chi connectivity index (χ1) is 10.0. The van der Waals surface area contributed by atoms with Crippen LogP contribution in [0.2, 0.25) is 19.6 Å². The Labute approximate surface area is 134 Å². The summed E-state index contributed by atoms with van der Waals surface area (Å²) in [5.41, 5.74) is 3.14. The number of ether oxygens (including phenoxy) is 4. The Morgan fingerprint density at radius 2 is 1.68 bits per heavy atom. The van der Waals surface area contributed by atoms with E-state index in [4.69, 9.17) is 18.9 Å². The van der Waals surface area contributed by atoms with Crippen molar-refractivity contribution in [2.75, 3.05) is 14.2 Å². The van der Waals surface area contributed by atoms with E-state index in [1.165, 1.54) is 14.2 Å². The molecule has 5 atom stereocenters. The van der Waals surface area contributed by atoms with E-state index in [2.05, 4.69) is 37.7 Å². The quantitative estimate of drug-likeness (QED) is 0.485. The van der Waals surface area contributed by atoms with Crippen LogP contribution in [0.5, 0.6) is 0 Å². The summed E-state index contributed by atoms with van der Waals surface area (Å²) in [5, 5.41) is 10.4. The zero-order chi connectivity index (χ0) is 17.2. The van der Waals surface area contributed by atoms with Crippen molar-refractivity contribution in [2.45, 2.75) is 63.4 Å². The lowest BCUT2D eigenvalue weighted by molar-refractivity contribution is -0.446. The number of methoxy groups -OCH3 is 2. The van der Waals surface area contributed by atoms with Crippen LogP contribution in [0.3, 0.4) is 0 Å². The third-order valence-corrected chi connectivity index (χ3v) is 4.68. The van der Waals surface area contributed by atoms with Gasteiger partial charge in [-0.3, -0.25) is 0 Å². The van der Waals surface area contributed by atoms with E-state index in [9.17, 15) is 5.11 Å². The van der Waals surface area contributed by atoms with Crippen LogP contribution in [0.4, 0.5) is 0 Å². The Bertz CT molecular complexity index is 463. The first-order valence-corrected chi connectivity index (χ1v) is 10.8. The molecule has 0 aromatic carbocycles. The van der Waals surface area contributed by atoms with Crippen LogP contribution in [0, 0.1) is 11.5 Å². The van der Waals surface area contributed by atoms with E-state index in [-0.39, 0.29) is 0 Å². The summed E-state index contributed by atoms with van der Waals surface area (Å²) in [7, 11) is 1.43. The van der Waals surface area contributed by atoms with E-state index >= 15 is 0 Å². The summed E-state index contributed by atoms with van der Waals surface area (Å²) in [4.78, 5) is 0. The number of rotatable bonds is 4. The molecular formula is C16H28O5Si. The molecule has 0 bridgehead atoms. The Kier molecular flexibility index (Phi) is 6.01. The van der Waals surface area contributed by atoms with Gasteiger partial charge in [0.05, 0.1) is 0 Å². The SMILES string of the molecule is C=C[C@H]1O[C@](C)(OC)[C@@](C)(OC)O[C@@H]1[C@@H](O)C#C[Si](C)(C)C. The average molecular weight is 328 g/mol. The van der Waals surface area contributed by atoms with Crippen LogP contribution >= 0.6 is 0 Å². The molecule has 126 valence electrons. The highest BCUT2D eigenvalue weighted by Crippen LogP contribution is 2.40. The van der Waals surface area contributed by atoms with E-state index in [1.807, 2.05) is 0 Å². The average Bonchev–Trinajstić information content (AvgIpc) is 2.46. The van der Waals surface area contributed by atoms with Gasteiger partial charge in [0, 0.05) is 14.2 Å². The van der Waals surface area contributed by atoms with Crippen molar-refractivity contribution in [3.63, 3.8) is 0 Å². The first kappa shape index (κ1) is 19.4. The molecule has 1 rings (SSSR count). The molecule has 0 radical (unpaired) electrons. The zero-order valence-corrected chi connectivity index (χ0v) is 15.6. The monoisotopic (exact) mass is 328 g/mol. The molecule has 1 fully saturated rings. The molecule has 0 aromatic heterocycles. The van der Waals surface area contributed by atoms with Crippen LogP contribution in [-0.4, -0.2) is 57.3 Å². The highest BCUT2D eigenvalue weighted by molar-refractivity contribution is 6.83. The van der Waals surface area contributed by atoms with Crippen LogP contribution in [0.1, 0.15) is 13.8 Å². The van der Waals surface area contributed by atoms with Gasteiger partial charge in [0.25, 0.3) is 0 Å². The summed E-state index contributed by atoms with van der Waals surface area (Å²) in [6.45, 7) is 13.5. The molecule has 0 unspecified atom stereocenters. The summed E-state index contributed by atoms with van der Waals surface area (Å²) in [6, 6.07) is 0. The van der Waals surface area contributed by atoms with Crippen LogP contribution < -0.4 is 0 Å². The third kappa shape index (κ3) is 3.99. The van der Waals surface area contributed by atoms with Crippen LogP contribution in [0.25, 0.3) is 0 Å². The smallest absolute Gasteiger partial charge is 0.220 e. The Balaban J connectivity index is 3.09. The van der Waals surface area contributed by atoms with Gasteiger partial charge in [0.1, 0.15) is 26.4 Å². The molecule has 6 heteroatoms. The van der Waals surface area contributed by atoms with Crippen molar-refractivity contribution >= 4 is 8.07 Å². The largest absolute Gasteiger partial charge is 0.378 e. The second-order valence-corrected chi connectivity index (χ2v) is 11.4. The maximum absolute atomic E-state index is 10.4. The van der Waals surface area contributed by atoms with Gasteiger partial charge in [-0.15, -0.1) is 12.1 Å². The molecule has 22 heavy (non-hydrogen) atoms. The fourth-order valence-electron chi connectivity index (χ4n) is 2.13. The van der Waals surface area contributed by atoms with E-state index in [1.54, 1.807) is 19.9 Å². The molecule has 0 amide bonds. The van der Waals surface area contributed by atoms with Crippen molar-refractivity contribution in [3.05, 3.63) is 12.7 Å². The summed E-state index contributed by atoms with van der Waals surface area (Å²) in [6.07, 6.45) is -0.671.